The summed E-state index contributed by atoms with van der Waals surface area (Å²) in [7, 11) is -3.02. The SMILES string of the molecule is NCC(=O)NCC(=O)N1CCCS(=O)(=O)CC1. The summed E-state index contributed by atoms with van der Waals surface area (Å²) in [6.07, 6.45) is 0.443. The van der Waals surface area contributed by atoms with Crippen LogP contribution >= 0.6 is 0 Å². The number of nitrogens with one attached hydrogen (secondary N) is 1. The van der Waals surface area contributed by atoms with E-state index in [1.54, 1.807) is 0 Å². The van der Waals surface area contributed by atoms with Gasteiger partial charge in [0.15, 0.2) is 9.84 Å². The van der Waals surface area contributed by atoms with Gasteiger partial charge in [-0.25, -0.2) is 8.42 Å². The highest BCUT2D eigenvalue weighted by Crippen LogP contribution is 2.04. The van der Waals surface area contributed by atoms with Crippen molar-refractivity contribution in [1.29, 1.82) is 0 Å². The Bertz CT molecular complexity index is 393. The highest BCUT2D eigenvalue weighted by Gasteiger charge is 2.22. The van der Waals surface area contributed by atoms with E-state index < -0.39 is 15.7 Å². The van der Waals surface area contributed by atoms with Crippen molar-refractivity contribution in [1.82, 2.24) is 10.2 Å². The van der Waals surface area contributed by atoms with Gasteiger partial charge in [0.2, 0.25) is 11.8 Å². The lowest BCUT2D eigenvalue weighted by molar-refractivity contribution is -0.132. The van der Waals surface area contributed by atoms with Crippen LogP contribution < -0.4 is 11.1 Å². The van der Waals surface area contributed by atoms with E-state index in [2.05, 4.69) is 5.32 Å². The first kappa shape index (κ1) is 13.9. The van der Waals surface area contributed by atoms with Crippen molar-refractivity contribution in [2.45, 2.75) is 6.42 Å². The summed E-state index contributed by atoms with van der Waals surface area (Å²) in [6, 6.07) is 0. The maximum Gasteiger partial charge on any atom is 0.241 e. The Morgan fingerprint density at radius 2 is 1.94 bits per heavy atom. The molecule has 2 amide bonds. The lowest BCUT2D eigenvalue weighted by atomic mass is 10.4. The van der Waals surface area contributed by atoms with Crippen molar-refractivity contribution < 1.29 is 18.0 Å². The molecule has 0 saturated carbocycles. The topological polar surface area (TPSA) is 110 Å². The molecule has 0 aromatic heterocycles. The van der Waals surface area contributed by atoms with E-state index in [1.165, 1.54) is 4.90 Å². The molecule has 0 spiro atoms. The maximum atomic E-state index is 11.7. The van der Waals surface area contributed by atoms with Gasteiger partial charge in [0, 0.05) is 13.1 Å². The zero-order chi connectivity index (χ0) is 12.9. The molecule has 1 rings (SSSR count). The molecule has 98 valence electrons. The third kappa shape index (κ3) is 4.70. The Kier molecular flexibility index (Phi) is 4.88. The zero-order valence-electron chi connectivity index (χ0n) is 9.52. The van der Waals surface area contributed by atoms with Gasteiger partial charge in [-0.15, -0.1) is 0 Å². The summed E-state index contributed by atoms with van der Waals surface area (Å²) in [5, 5.41) is 2.37. The first-order valence-electron chi connectivity index (χ1n) is 5.39. The van der Waals surface area contributed by atoms with Crippen LogP contribution in [-0.2, 0) is 19.4 Å². The molecule has 0 aromatic carbocycles. The summed E-state index contributed by atoms with van der Waals surface area (Å²) in [5.41, 5.74) is 5.08. The van der Waals surface area contributed by atoms with Crippen LogP contribution in [0.5, 0.6) is 0 Å². The fourth-order valence-electron chi connectivity index (χ4n) is 1.55. The highest BCUT2D eigenvalue weighted by atomic mass is 32.2. The molecule has 1 saturated heterocycles. The van der Waals surface area contributed by atoms with Gasteiger partial charge in [-0.1, -0.05) is 0 Å². The van der Waals surface area contributed by atoms with Gasteiger partial charge < -0.3 is 16.0 Å². The summed E-state index contributed by atoms with van der Waals surface area (Å²) < 4.78 is 22.7. The van der Waals surface area contributed by atoms with Crippen LogP contribution in [0.3, 0.4) is 0 Å². The van der Waals surface area contributed by atoms with Gasteiger partial charge in [-0.2, -0.15) is 0 Å². The first-order valence-corrected chi connectivity index (χ1v) is 7.22. The predicted molar refractivity (Wildman–Crippen MR) is 61.9 cm³/mol. The van der Waals surface area contributed by atoms with Crippen LogP contribution in [0, 0.1) is 0 Å². The molecule has 0 bridgehead atoms. The fraction of sp³-hybridized carbons (Fsp3) is 0.778. The number of carbonyl (C=O) groups is 2. The summed E-state index contributed by atoms with van der Waals surface area (Å²) in [6.45, 7) is 0.313. The lowest BCUT2D eigenvalue weighted by Gasteiger charge is -2.19. The van der Waals surface area contributed by atoms with Crippen LogP contribution in [0.25, 0.3) is 0 Å². The molecule has 1 heterocycles. The molecule has 1 aliphatic heterocycles. The molecule has 0 atom stereocenters. The Morgan fingerprint density at radius 3 is 2.59 bits per heavy atom. The quantitative estimate of drug-likeness (QED) is 0.595. The van der Waals surface area contributed by atoms with E-state index in [0.29, 0.717) is 13.0 Å². The Morgan fingerprint density at radius 1 is 1.24 bits per heavy atom. The Balaban J connectivity index is 2.45. The second-order valence-corrected chi connectivity index (χ2v) is 6.17. The van der Waals surface area contributed by atoms with Crippen molar-refractivity contribution >= 4 is 21.7 Å². The standard InChI is InChI=1S/C9H17N3O4S/c10-6-8(13)11-7-9(14)12-2-1-4-17(15,16)5-3-12/h1-7,10H2,(H,11,13). The second kappa shape index (κ2) is 5.97. The first-order chi connectivity index (χ1) is 7.94. The number of carbonyl (C=O) groups excluding carboxylic acids is 2. The van der Waals surface area contributed by atoms with Crippen LogP contribution in [0.4, 0.5) is 0 Å². The van der Waals surface area contributed by atoms with Crippen LogP contribution in [-0.4, -0.2) is 62.8 Å². The van der Waals surface area contributed by atoms with Crippen molar-refractivity contribution in [2.24, 2.45) is 5.73 Å². The molecule has 8 heteroatoms. The van der Waals surface area contributed by atoms with Crippen LogP contribution in [0.2, 0.25) is 0 Å². The predicted octanol–water partition coefficient (Wildman–Crippen LogP) is -2.29. The van der Waals surface area contributed by atoms with Crippen molar-refractivity contribution in [2.75, 3.05) is 37.7 Å². The number of rotatable bonds is 3. The second-order valence-electron chi connectivity index (χ2n) is 3.87. The number of hydrogen-bond donors (Lipinski definition) is 2. The monoisotopic (exact) mass is 263 g/mol. The van der Waals surface area contributed by atoms with Gasteiger partial charge in [-0.05, 0) is 6.42 Å². The van der Waals surface area contributed by atoms with Gasteiger partial charge in [0.1, 0.15) is 0 Å². The van der Waals surface area contributed by atoms with E-state index in [0.717, 1.165) is 0 Å². The molecule has 17 heavy (non-hydrogen) atoms. The van der Waals surface area contributed by atoms with E-state index >= 15 is 0 Å². The van der Waals surface area contributed by atoms with Crippen molar-refractivity contribution in [3.63, 3.8) is 0 Å². The van der Waals surface area contributed by atoms with Crippen LogP contribution in [0.1, 0.15) is 6.42 Å². The Hall–Kier alpha value is -1.15. The molecule has 1 fully saturated rings. The van der Waals surface area contributed by atoms with E-state index in [-0.39, 0.29) is 37.0 Å². The van der Waals surface area contributed by atoms with E-state index in [1.807, 2.05) is 0 Å². The molecular weight excluding hydrogens is 246 g/mol. The Labute approximate surface area is 100 Å². The summed E-state index contributed by atoms with van der Waals surface area (Å²) >= 11 is 0. The van der Waals surface area contributed by atoms with Crippen LogP contribution in [0.15, 0.2) is 0 Å². The highest BCUT2D eigenvalue weighted by molar-refractivity contribution is 7.91. The maximum absolute atomic E-state index is 11.7. The number of hydrogen-bond acceptors (Lipinski definition) is 5. The van der Waals surface area contributed by atoms with Gasteiger partial charge >= 0.3 is 0 Å². The van der Waals surface area contributed by atoms with Crippen molar-refractivity contribution in [3.05, 3.63) is 0 Å². The molecule has 1 aliphatic rings. The smallest absolute Gasteiger partial charge is 0.241 e. The molecule has 0 radical (unpaired) electrons. The minimum absolute atomic E-state index is 0.0103. The number of nitrogens with two attached hydrogens (primary N) is 1. The molecule has 7 nitrogen and oxygen atoms in total. The zero-order valence-corrected chi connectivity index (χ0v) is 10.3. The number of amides is 2. The molecule has 0 aliphatic carbocycles. The minimum Gasteiger partial charge on any atom is -0.346 e. The van der Waals surface area contributed by atoms with Gasteiger partial charge in [-0.3, -0.25) is 9.59 Å². The lowest BCUT2D eigenvalue weighted by Crippen LogP contribution is -2.42. The molecule has 0 aromatic rings. The van der Waals surface area contributed by atoms with Gasteiger partial charge in [0.05, 0.1) is 24.6 Å². The third-order valence-corrected chi connectivity index (χ3v) is 4.25. The minimum atomic E-state index is -3.02. The average molecular weight is 263 g/mol. The fourth-order valence-corrected chi connectivity index (χ4v) is 2.82. The largest absolute Gasteiger partial charge is 0.346 e. The summed E-state index contributed by atoms with van der Waals surface area (Å²) in [4.78, 5) is 24.0. The normalized spacial score (nSPS) is 19.5. The van der Waals surface area contributed by atoms with E-state index in [4.69, 9.17) is 5.73 Å². The number of nitrogens with zero attached hydrogens (tertiary/aromatic N) is 1. The molecule has 0 unspecified atom stereocenters. The molecule has 3 N–H and O–H groups in total. The number of sulfone groups is 1. The average Bonchev–Trinajstić information content (AvgIpc) is 2.46. The van der Waals surface area contributed by atoms with E-state index in [9.17, 15) is 18.0 Å². The molecular formula is C9H17N3O4S. The third-order valence-electron chi connectivity index (χ3n) is 2.53. The van der Waals surface area contributed by atoms with Crippen molar-refractivity contribution in [3.8, 4) is 0 Å². The van der Waals surface area contributed by atoms with Gasteiger partial charge in [0.25, 0.3) is 0 Å². The summed E-state index contributed by atoms with van der Waals surface area (Å²) in [5.74, 6) is -0.570.